The zero-order chi connectivity index (χ0) is 18.1. The van der Waals surface area contributed by atoms with Crippen molar-refractivity contribution in [2.24, 2.45) is 0 Å². The second-order valence-electron chi connectivity index (χ2n) is 8.02. The van der Waals surface area contributed by atoms with Crippen LogP contribution in [0.3, 0.4) is 0 Å². The van der Waals surface area contributed by atoms with Gasteiger partial charge in [0.1, 0.15) is 12.1 Å². The average Bonchev–Trinajstić information content (AvgIpc) is 3.50. The second-order valence-corrected chi connectivity index (χ2v) is 8.02. The molecule has 0 aromatic carbocycles. The summed E-state index contributed by atoms with van der Waals surface area (Å²) in [4.78, 5) is 28.3. The van der Waals surface area contributed by atoms with Crippen LogP contribution in [-0.4, -0.2) is 71.0 Å². The molecule has 3 heterocycles. The van der Waals surface area contributed by atoms with Gasteiger partial charge in [-0.2, -0.15) is 0 Å². The number of aromatic nitrogens is 2. The number of amides is 1. The van der Waals surface area contributed by atoms with Crippen molar-refractivity contribution in [2.75, 3.05) is 44.7 Å². The molecule has 1 aromatic heterocycles. The minimum Gasteiger partial charge on any atom is -0.353 e. The lowest BCUT2D eigenvalue weighted by Crippen LogP contribution is -2.61. The lowest BCUT2D eigenvalue weighted by molar-refractivity contribution is -0.130. The van der Waals surface area contributed by atoms with E-state index in [1.54, 1.807) is 6.33 Å². The molecule has 1 aliphatic carbocycles. The van der Waals surface area contributed by atoms with Crippen molar-refractivity contribution in [1.82, 2.24) is 19.8 Å². The largest absolute Gasteiger partial charge is 0.353 e. The van der Waals surface area contributed by atoms with Crippen LogP contribution in [0.5, 0.6) is 0 Å². The van der Waals surface area contributed by atoms with E-state index in [0.29, 0.717) is 18.9 Å². The maximum Gasteiger partial charge on any atom is 0.222 e. The summed E-state index contributed by atoms with van der Waals surface area (Å²) in [5.74, 6) is 1.94. The third-order valence-electron chi connectivity index (χ3n) is 6.35. The zero-order valence-corrected chi connectivity index (χ0v) is 15.7. The smallest absolute Gasteiger partial charge is 0.222 e. The Kier molecular flexibility index (Phi) is 4.69. The van der Waals surface area contributed by atoms with Gasteiger partial charge in [0.05, 0.1) is 0 Å². The number of carbonyl (C=O) groups excluding carboxylic acids is 1. The number of likely N-dealkylation sites (tertiary alicyclic amines) is 1. The SMILES string of the molecule is C=CCN1CCC2(CCC1=O)CN(c1cc(C3CC3)ncn1)CCN2C. The van der Waals surface area contributed by atoms with Crippen LogP contribution in [0.4, 0.5) is 5.82 Å². The molecule has 6 heteroatoms. The van der Waals surface area contributed by atoms with Crippen LogP contribution in [0.15, 0.2) is 25.0 Å². The molecule has 1 unspecified atom stereocenters. The molecule has 1 saturated carbocycles. The molecular weight excluding hydrogens is 326 g/mol. The van der Waals surface area contributed by atoms with E-state index in [9.17, 15) is 4.79 Å². The number of hydrogen-bond acceptors (Lipinski definition) is 5. The molecule has 3 fully saturated rings. The van der Waals surface area contributed by atoms with E-state index >= 15 is 0 Å². The first-order valence-corrected chi connectivity index (χ1v) is 9.78. The van der Waals surface area contributed by atoms with Crippen molar-refractivity contribution in [3.8, 4) is 0 Å². The normalized spacial score (nSPS) is 27.7. The number of hydrogen-bond donors (Lipinski definition) is 0. The van der Waals surface area contributed by atoms with Crippen LogP contribution in [0.1, 0.15) is 43.7 Å². The Hall–Kier alpha value is -1.95. The third-order valence-corrected chi connectivity index (χ3v) is 6.35. The van der Waals surface area contributed by atoms with E-state index in [0.717, 1.165) is 44.8 Å². The maximum atomic E-state index is 12.4. The molecule has 0 bridgehead atoms. The average molecular weight is 355 g/mol. The molecule has 0 N–H and O–H groups in total. The van der Waals surface area contributed by atoms with E-state index in [1.165, 1.54) is 18.5 Å². The molecule has 3 aliphatic rings. The van der Waals surface area contributed by atoms with Crippen molar-refractivity contribution < 1.29 is 4.79 Å². The fourth-order valence-corrected chi connectivity index (χ4v) is 4.37. The number of nitrogens with zero attached hydrogens (tertiary/aromatic N) is 5. The summed E-state index contributed by atoms with van der Waals surface area (Å²) in [6.07, 6.45) is 8.58. The van der Waals surface area contributed by atoms with Gasteiger partial charge in [0.15, 0.2) is 0 Å². The standard InChI is InChI=1S/C20H29N5O/c1-3-9-24-10-8-20(7-6-19(24)26)14-25(12-11-23(20)2)18-13-17(16-4-5-16)21-15-22-18/h3,13,15-16H,1,4-12,14H2,2H3. The van der Waals surface area contributed by atoms with Gasteiger partial charge in [0.25, 0.3) is 0 Å². The highest BCUT2D eigenvalue weighted by Crippen LogP contribution is 2.40. The fraction of sp³-hybridized carbons (Fsp3) is 0.650. The number of carbonyl (C=O) groups is 1. The van der Waals surface area contributed by atoms with Crippen molar-refractivity contribution >= 4 is 11.7 Å². The highest BCUT2D eigenvalue weighted by molar-refractivity contribution is 5.76. The molecule has 6 nitrogen and oxygen atoms in total. The summed E-state index contributed by atoms with van der Waals surface area (Å²) >= 11 is 0. The predicted molar refractivity (Wildman–Crippen MR) is 102 cm³/mol. The summed E-state index contributed by atoms with van der Waals surface area (Å²) in [5.41, 5.74) is 1.23. The summed E-state index contributed by atoms with van der Waals surface area (Å²) in [6.45, 7) is 8.15. The molecule has 0 radical (unpaired) electrons. The van der Waals surface area contributed by atoms with Gasteiger partial charge in [-0.05, 0) is 32.7 Å². The lowest BCUT2D eigenvalue weighted by Gasteiger charge is -2.49. The van der Waals surface area contributed by atoms with Crippen molar-refractivity contribution in [1.29, 1.82) is 0 Å². The van der Waals surface area contributed by atoms with Crippen molar-refractivity contribution in [3.05, 3.63) is 30.7 Å². The first kappa shape index (κ1) is 17.5. The predicted octanol–water partition coefficient (Wildman–Crippen LogP) is 2.04. The van der Waals surface area contributed by atoms with Gasteiger partial charge in [-0.3, -0.25) is 9.69 Å². The van der Waals surface area contributed by atoms with E-state index in [2.05, 4.69) is 39.5 Å². The minimum absolute atomic E-state index is 0.0362. The summed E-state index contributed by atoms with van der Waals surface area (Å²) < 4.78 is 0. The second kappa shape index (κ2) is 6.99. The Bertz CT molecular complexity index is 689. The topological polar surface area (TPSA) is 52.6 Å². The number of rotatable bonds is 4. The molecule has 2 saturated heterocycles. The Balaban J connectivity index is 1.53. The van der Waals surface area contributed by atoms with Gasteiger partial charge in [-0.1, -0.05) is 6.08 Å². The Labute approximate surface area is 155 Å². The van der Waals surface area contributed by atoms with E-state index in [1.807, 2.05) is 11.0 Å². The molecule has 1 spiro atoms. The molecular formula is C20H29N5O. The fourth-order valence-electron chi connectivity index (χ4n) is 4.37. The van der Waals surface area contributed by atoms with Crippen LogP contribution in [0.2, 0.25) is 0 Å². The molecule has 1 atom stereocenters. The van der Waals surface area contributed by atoms with Gasteiger partial charge >= 0.3 is 0 Å². The summed E-state index contributed by atoms with van der Waals surface area (Å²) in [6, 6.07) is 2.18. The minimum atomic E-state index is 0.0362. The van der Waals surface area contributed by atoms with Gasteiger partial charge < -0.3 is 9.80 Å². The first-order valence-electron chi connectivity index (χ1n) is 9.78. The van der Waals surface area contributed by atoms with Gasteiger partial charge in [0.2, 0.25) is 5.91 Å². The highest BCUT2D eigenvalue weighted by Gasteiger charge is 2.42. The summed E-state index contributed by atoms with van der Waals surface area (Å²) in [7, 11) is 2.21. The molecule has 1 amide bonds. The first-order chi connectivity index (χ1) is 12.6. The highest BCUT2D eigenvalue weighted by atomic mass is 16.2. The van der Waals surface area contributed by atoms with E-state index < -0.39 is 0 Å². The molecule has 140 valence electrons. The number of likely N-dealkylation sites (N-methyl/N-ethyl adjacent to an activating group) is 1. The van der Waals surface area contributed by atoms with Crippen LogP contribution in [0, 0.1) is 0 Å². The van der Waals surface area contributed by atoms with Crippen molar-refractivity contribution in [2.45, 2.75) is 43.6 Å². The lowest BCUT2D eigenvalue weighted by atomic mass is 9.86. The zero-order valence-electron chi connectivity index (χ0n) is 15.7. The van der Waals surface area contributed by atoms with Crippen molar-refractivity contribution in [3.63, 3.8) is 0 Å². The monoisotopic (exact) mass is 355 g/mol. The van der Waals surface area contributed by atoms with Crippen LogP contribution < -0.4 is 4.90 Å². The third kappa shape index (κ3) is 3.34. The summed E-state index contributed by atoms with van der Waals surface area (Å²) in [5, 5.41) is 0. The number of anilines is 1. The van der Waals surface area contributed by atoms with E-state index in [4.69, 9.17) is 0 Å². The van der Waals surface area contributed by atoms with Gasteiger partial charge in [0, 0.05) is 62.4 Å². The van der Waals surface area contributed by atoms with E-state index in [-0.39, 0.29) is 11.4 Å². The Morgan fingerprint density at radius 2 is 2.12 bits per heavy atom. The quantitative estimate of drug-likeness (QED) is 0.774. The maximum absolute atomic E-state index is 12.4. The molecule has 4 rings (SSSR count). The molecule has 26 heavy (non-hydrogen) atoms. The molecule has 1 aromatic rings. The van der Waals surface area contributed by atoms with Gasteiger partial charge in [-0.25, -0.2) is 9.97 Å². The van der Waals surface area contributed by atoms with Crippen LogP contribution in [0.25, 0.3) is 0 Å². The number of piperazine rings is 1. The van der Waals surface area contributed by atoms with Crippen LogP contribution >= 0.6 is 0 Å². The van der Waals surface area contributed by atoms with Gasteiger partial charge in [-0.15, -0.1) is 6.58 Å². The Morgan fingerprint density at radius 1 is 1.27 bits per heavy atom. The Morgan fingerprint density at radius 3 is 2.88 bits per heavy atom. The molecule has 2 aliphatic heterocycles. The van der Waals surface area contributed by atoms with Crippen LogP contribution in [-0.2, 0) is 4.79 Å².